The van der Waals surface area contributed by atoms with Gasteiger partial charge in [-0.2, -0.15) is 0 Å². The van der Waals surface area contributed by atoms with E-state index in [-0.39, 0.29) is 40.1 Å². The molecule has 0 radical (unpaired) electrons. The van der Waals surface area contributed by atoms with Crippen LogP contribution in [0.2, 0.25) is 10.0 Å². The lowest BCUT2D eigenvalue weighted by molar-refractivity contribution is -0.141. The van der Waals surface area contributed by atoms with Crippen LogP contribution < -0.4 is 5.73 Å². The Kier molecular flexibility index (Phi) is 4.96. The molecule has 0 saturated carbocycles. The van der Waals surface area contributed by atoms with Gasteiger partial charge >= 0.3 is 5.97 Å². The van der Waals surface area contributed by atoms with Crippen LogP contribution in [-0.4, -0.2) is 36.5 Å². The maximum absolute atomic E-state index is 12.6. The third kappa shape index (κ3) is 3.41. The second kappa shape index (κ2) is 6.54. The fourth-order valence-corrected chi connectivity index (χ4v) is 2.95. The number of carbonyl (C=O) groups excluding carboxylic acids is 2. The summed E-state index contributed by atoms with van der Waals surface area (Å²) < 4.78 is 4.66. The molecule has 1 saturated heterocycles. The topological polar surface area (TPSA) is 72.6 Å². The second-order valence-corrected chi connectivity index (χ2v) is 5.74. The van der Waals surface area contributed by atoms with Crippen molar-refractivity contribution < 1.29 is 14.3 Å². The average molecular weight is 331 g/mol. The molecule has 1 atom stereocenters. The van der Waals surface area contributed by atoms with Crippen molar-refractivity contribution in [2.75, 3.05) is 19.4 Å². The minimum absolute atomic E-state index is 0.153. The van der Waals surface area contributed by atoms with Gasteiger partial charge in [-0.1, -0.05) is 23.2 Å². The molecule has 0 unspecified atom stereocenters. The monoisotopic (exact) mass is 330 g/mol. The van der Waals surface area contributed by atoms with Gasteiger partial charge in [0.15, 0.2) is 0 Å². The number of likely N-dealkylation sites (tertiary alicyclic amines) is 1. The summed E-state index contributed by atoms with van der Waals surface area (Å²) in [4.78, 5) is 25.6. The number of nitrogen functional groups attached to an aromatic ring is 1. The van der Waals surface area contributed by atoms with E-state index in [1.807, 2.05) is 0 Å². The molecule has 0 bridgehead atoms. The molecule has 7 heteroatoms. The minimum atomic E-state index is -0.326. The van der Waals surface area contributed by atoms with Crippen molar-refractivity contribution in [1.82, 2.24) is 4.90 Å². The van der Waals surface area contributed by atoms with Crippen LogP contribution in [0.15, 0.2) is 12.1 Å². The first-order valence-electron chi connectivity index (χ1n) is 6.56. The Hall–Kier alpha value is -1.46. The number of methoxy groups -OCH3 is 1. The lowest BCUT2D eigenvalue weighted by Gasteiger charge is -2.24. The number of carbonyl (C=O) groups is 2. The lowest BCUT2D eigenvalue weighted by atomic mass is 10.1. The van der Waals surface area contributed by atoms with Gasteiger partial charge < -0.3 is 15.4 Å². The Labute approximate surface area is 132 Å². The molecule has 2 N–H and O–H groups in total. The van der Waals surface area contributed by atoms with E-state index in [1.54, 1.807) is 4.90 Å². The van der Waals surface area contributed by atoms with Crippen LogP contribution in [0.4, 0.5) is 5.69 Å². The fourth-order valence-electron chi connectivity index (χ4n) is 2.46. The largest absolute Gasteiger partial charge is 0.469 e. The van der Waals surface area contributed by atoms with E-state index >= 15 is 0 Å². The Morgan fingerprint density at radius 2 is 2.00 bits per heavy atom. The van der Waals surface area contributed by atoms with Crippen molar-refractivity contribution in [2.45, 2.75) is 25.3 Å². The molecule has 1 aliphatic rings. The van der Waals surface area contributed by atoms with Crippen LogP contribution in [0.3, 0.4) is 0 Å². The molecule has 1 aromatic carbocycles. The smallest absolute Gasteiger partial charge is 0.307 e. The SMILES string of the molecule is COC(=O)C[C@@H]1CCCN1C(=O)c1cc(Cl)c(N)c(Cl)c1. The number of nitrogens with two attached hydrogens (primary N) is 1. The molecule has 21 heavy (non-hydrogen) atoms. The highest BCUT2D eigenvalue weighted by Crippen LogP contribution is 2.31. The fraction of sp³-hybridized carbons (Fsp3) is 0.429. The van der Waals surface area contributed by atoms with E-state index in [4.69, 9.17) is 28.9 Å². The van der Waals surface area contributed by atoms with Crippen molar-refractivity contribution in [2.24, 2.45) is 0 Å². The summed E-state index contributed by atoms with van der Waals surface area (Å²) in [5, 5.41) is 0.490. The van der Waals surface area contributed by atoms with E-state index in [0.717, 1.165) is 12.8 Å². The lowest BCUT2D eigenvalue weighted by Crippen LogP contribution is -2.37. The van der Waals surface area contributed by atoms with Crippen molar-refractivity contribution in [3.05, 3.63) is 27.7 Å². The molecule has 5 nitrogen and oxygen atoms in total. The number of nitrogens with zero attached hydrogens (tertiary/aromatic N) is 1. The quantitative estimate of drug-likeness (QED) is 0.683. The Balaban J connectivity index is 2.20. The molecule has 0 spiro atoms. The van der Waals surface area contributed by atoms with Crippen molar-refractivity contribution in [3.63, 3.8) is 0 Å². The summed E-state index contributed by atoms with van der Waals surface area (Å²) in [7, 11) is 1.34. The van der Waals surface area contributed by atoms with Gasteiger partial charge in [0.1, 0.15) is 0 Å². The van der Waals surface area contributed by atoms with Crippen molar-refractivity contribution >= 4 is 40.8 Å². The van der Waals surface area contributed by atoms with Crippen molar-refractivity contribution in [3.8, 4) is 0 Å². The third-order valence-electron chi connectivity index (χ3n) is 3.59. The molecule has 1 amide bonds. The maximum atomic E-state index is 12.6. The van der Waals surface area contributed by atoms with E-state index in [9.17, 15) is 9.59 Å². The highest BCUT2D eigenvalue weighted by atomic mass is 35.5. The predicted molar refractivity (Wildman–Crippen MR) is 81.6 cm³/mol. The second-order valence-electron chi connectivity index (χ2n) is 4.93. The molecule has 1 aliphatic heterocycles. The highest BCUT2D eigenvalue weighted by molar-refractivity contribution is 6.39. The minimum Gasteiger partial charge on any atom is -0.469 e. The molecule has 0 aliphatic carbocycles. The van der Waals surface area contributed by atoms with Crippen LogP contribution in [0.1, 0.15) is 29.6 Å². The summed E-state index contributed by atoms with van der Waals surface area (Å²) in [6.45, 7) is 0.597. The number of rotatable bonds is 3. The number of halogens is 2. The van der Waals surface area contributed by atoms with Gasteiger partial charge in [0.05, 0.1) is 29.3 Å². The standard InChI is InChI=1S/C14H16Cl2N2O3/c1-21-12(19)7-9-3-2-4-18(9)14(20)8-5-10(15)13(17)11(16)6-8/h5-6,9H,2-4,7,17H2,1H3/t9-/m0/s1. The van der Waals surface area contributed by atoms with Crippen LogP contribution in [-0.2, 0) is 9.53 Å². The summed E-state index contributed by atoms with van der Waals surface area (Å²) in [6.07, 6.45) is 1.82. The Morgan fingerprint density at radius 3 is 2.57 bits per heavy atom. The number of anilines is 1. The molecule has 114 valence electrons. The van der Waals surface area contributed by atoms with Gasteiger partial charge in [-0.05, 0) is 25.0 Å². The van der Waals surface area contributed by atoms with Gasteiger partial charge in [0.2, 0.25) is 0 Å². The molecule has 0 aromatic heterocycles. The van der Waals surface area contributed by atoms with Crippen LogP contribution in [0, 0.1) is 0 Å². The first kappa shape index (κ1) is 15.9. The van der Waals surface area contributed by atoms with E-state index in [1.165, 1.54) is 19.2 Å². The normalized spacial score (nSPS) is 17.9. The van der Waals surface area contributed by atoms with Gasteiger partial charge in [0, 0.05) is 18.2 Å². The van der Waals surface area contributed by atoms with Gasteiger partial charge in [-0.25, -0.2) is 0 Å². The molecular weight excluding hydrogens is 315 g/mol. The third-order valence-corrected chi connectivity index (χ3v) is 4.22. The first-order chi connectivity index (χ1) is 9.93. The first-order valence-corrected chi connectivity index (χ1v) is 7.32. The predicted octanol–water partition coefficient (Wildman–Crippen LogP) is 2.74. The summed E-state index contributed by atoms with van der Waals surface area (Å²) in [5.74, 6) is -0.529. The molecule has 1 aromatic rings. The van der Waals surface area contributed by atoms with E-state index < -0.39 is 0 Å². The number of amides is 1. The summed E-state index contributed by atoms with van der Waals surface area (Å²) >= 11 is 11.9. The van der Waals surface area contributed by atoms with Crippen LogP contribution >= 0.6 is 23.2 Å². The summed E-state index contributed by atoms with van der Waals surface area (Å²) in [5.41, 5.74) is 6.29. The molecule has 2 rings (SSSR count). The number of ether oxygens (including phenoxy) is 1. The number of hydrogen-bond donors (Lipinski definition) is 1. The van der Waals surface area contributed by atoms with Gasteiger partial charge in [-0.3, -0.25) is 9.59 Å². The summed E-state index contributed by atoms with van der Waals surface area (Å²) in [6, 6.07) is 2.84. The van der Waals surface area contributed by atoms with E-state index in [2.05, 4.69) is 4.74 Å². The van der Waals surface area contributed by atoms with Crippen molar-refractivity contribution in [1.29, 1.82) is 0 Å². The Bertz CT molecular complexity index is 554. The average Bonchev–Trinajstić information content (AvgIpc) is 2.91. The zero-order valence-corrected chi connectivity index (χ0v) is 13.1. The van der Waals surface area contributed by atoms with Gasteiger partial charge in [-0.15, -0.1) is 0 Å². The van der Waals surface area contributed by atoms with Gasteiger partial charge in [0.25, 0.3) is 5.91 Å². The molecule has 1 fully saturated rings. The number of benzene rings is 1. The zero-order valence-electron chi connectivity index (χ0n) is 11.6. The zero-order chi connectivity index (χ0) is 15.6. The number of hydrogen-bond acceptors (Lipinski definition) is 4. The van der Waals surface area contributed by atoms with Crippen LogP contribution in [0.5, 0.6) is 0 Å². The van der Waals surface area contributed by atoms with Crippen LogP contribution in [0.25, 0.3) is 0 Å². The molecule has 1 heterocycles. The Morgan fingerprint density at radius 1 is 1.38 bits per heavy atom. The van der Waals surface area contributed by atoms with E-state index in [0.29, 0.717) is 12.1 Å². The maximum Gasteiger partial charge on any atom is 0.307 e. The molecular formula is C14H16Cl2N2O3. The number of esters is 1. The highest BCUT2D eigenvalue weighted by Gasteiger charge is 2.31.